The Morgan fingerprint density at radius 1 is 1.17 bits per heavy atom. The van der Waals surface area contributed by atoms with Crippen molar-refractivity contribution in [1.82, 2.24) is 0 Å². The number of hydrogen-bond donors (Lipinski definition) is 3. The Hall–Kier alpha value is -1.53. The normalized spacial score (nSPS) is 16.2. The first-order chi connectivity index (χ1) is 14.0. The lowest BCUT2D eigenvalue weighted by molar-refractivity contribution is 0.156. The molecule has 10 heteroatoms. The summed E-state index contributed by atoms with van der Waals surface area (Å²) >= 11 is 1.91. The molecule has 5 nitrogen and oxygen atoms in total. The number of sulfonamides is 1. The Morgan fingerprint density at radius 3 is 2.40 bits per heavy atom. The largest absolute Gasteiger partial charge is 0.393 e. The molecule has 0 amide bonds. The molecule has 1 saturated carbocycles. The molecule has 3 N–H and O–H groups in total. The van der Waals surface area contributed by atoms with Crippen LogP contribution in [0.5, 0.6) is 0 Å². The molecule has 1 atom stereocenters. The summed E-state index contributed by atoms with van der Waals surface area (Å²) in [5.74, 6) is -3.21. The fourth-order valence-electron chi connectivity index (χ4n) is 3.26. The van der Waals surface area contributed by atoms with E-state index >= 15 is 0 Å². The van der Waals surface area contributed by atoms with Crippen LogP contribution in [-0.2, 0) is 10.0 Å². The number of hydrogen-bond acceptors (Lipinski definition) is 4. The van der Waals surface area contributed by atoms with Gasteiger partial charge in [0.05, 0.1) is 22.2 Å². The van der Waals surface area contributed by atoms with Crippen LogP contribution in [0.3, 0.4) is 0 Å². The second-order valence-corrected chi connectivity index (χ2v) is 10.9. The smallest absolute Gasteiger partial charge is 0.238 e. The quantitative estimate of drug-likeness (QED) is 0.393. The molecule has 164 valence electrons. The molecular weight excluding hydrogens is 532 g/mol. The molecule has 0 saturated heterocycles. The van der Waals surface area contributed by atoms with E-state index in [4.69, 9.17) is 0 Å². The number of halogens is 4. The zero-order valence-corrected chi connectivity index (χ0v) is 19.4. The van der Waals surface area contributed by atoms with Crippen molar-refractivity contribution in [2.24, 2.45) is 0 Å². The Kier molecular flexibility index (Phi) is 6.59. The minimum atomic E-state index is -4.02. The summed E-state index contributed by atoms with van der Waals surface area (Å²) in [7, 11) is -4.02. The second-order valence-electron chi connectivity index (χ2n) is 7.54. The van der Waals surface area contributed by atoms with Crippen LogP contribution in [0.25, 0.3) is 0 Å². The third-order valence-corrected chi connectivity index (χ3v) is 8.16. The van der Waals surface area contributed by atoms with Gasteiger partial charge in [0.2, 0.25) is 10.0 Å². The second kappa shape index (κ2) is 8.54. The highest BCUT2D eigenvalue weighted by atomic mass is 127. The maximum absolute atomic E-state index is 14.7. The molecule has 2 aromatic carbocycles. The molecular formula is C20H22F3IN2O3S. The van der Waals surface area contributed by atoms with Gasteiger partial charge in [-0.15, -0.1) is 0 Å². The lowest BCUT2D eigenvalue weighted by Crippen LogP contribution is -2.33. The molecule has 0 aromatic heterocycles. The summed E-state index contributed by atoms with van der Waals surface area (Å²) in [5, 5.41) is 12.4. The van der Waals surface area contributed by atoms with Gasteiger partial charge in [-0.1, -0.05) is 6.92 Å². The van der Waals surface area contributed by atoms with Gasteiger partial charge in [-0.2, -0.15) is 0 Å². The number of nitrogens with one attached hydrogen (secondary N) is 2. The van der Waals surface area contributed by atoms with Gasteiger partial charge < -0.3 is 10.4 Å². The van der Waals surface area contributed by atoms with Crippen molar-refractivity contribution in [1.29, 1.82) is 0 Å². The van der Waals surface area contributed by atoms with Crippen LogP contribution >= 0.6 is 22.6 Å². The van der Waals surface area contributed by atoms with E-state index in [0.717, 1.165) is 6.07 Å². The summed E-state index contributed by atoms with van der Waals surface area (Å²) in [6, 6.07) is 5.02. The molecule has 1 aliphatic carbocycles. The van der Waals surface area contributed by atoms with E-state index in [-0.39, 0.29) is 23.4 Å². The van der Waals surface area contributed by atoms with Gasteiger partial charge in [0.15, 0.2) is 11.6 Å². The molecule has 1 aliphatic rings. The third-order valence-electron chi connectivity index (χ3n) is 5.30. The number of aliphatic hydroxyl groups excluding tert-OH is 1. The van der Waals surface area contributed by atoms with Crippen LogP contribution in [0.1, 0.15) is 38.2 Å². The number of rotatable bonds is 8. The van der Waals surface area contributed by atoms with E-state index < -0.39 is 44.0 Å². The van der Waals surface area contributed by atoms with Gasteiger partial charge in [-0.3, -0.25) is 4.72 Å². The van der Waals surface area contributed by atoms with Crippen molar-refractivity contribution < 1.29 is 26.7 Å². The standard InChI is InChI=1S/C20H22F3IN2O3S/c1-3-13(27)10-20(6-7-20)30(28,29)26-18-11(2)8-15(22)17(23)19(18)25-16-5-4-12(24)9-14(16)21/h4-5,8-9,13,25-27H,3,6-7,10H2,1-2H3/t13-/m0/s1. The van der Waals surface area contributed by atoms with E-state index in [9.17, 15) is 26.7 Å². The zero-order valence-electron chi connectivity index (χ0n) is 16.4. The first-order valence-corrected chi connectivity index (χ1v) is 12.0. The zero-order chi connectivity index (χ0) is 22.3. The maximum Gasteiger partial charge on any atom is 0.238 e. The van der Waals surface area contributed by atoms with E-state index in [1.807, 2.05) is 22.6 Å². The minimum absolute atomic E-state index is 0.0517. The molecule has 0 bridgehead atoms. The summed E-state index contributed by atoms with van der Waals surface area (Å²) in [4.78, 5) is 0. The van der Waals surface area contributed by atoms with Crippen LogP contribution in [0.4, 0.5) is 30.2 Å². The van der Waals surface area contributed by atoms with Gasteiger partial charge >= 0.3 is 0 Å². The van der Waals surface area contributed by atoms with E-state index in [0.29, 0.717) is 22.8 Å². The predicted molar refractivity (Wildman–Crippen MR) is 119 cm³/mol. The number of aliphatic hydroxyl groups is 1. The summed E-state index contributed by atoms with van der Waals surface area (Å²) in [6.07, 6.45) is 0.387. The van der Waals surface area contributed by atoms with Crippen LogP contribution in [0.2, 0.25) is 0 Å². The Labute approximate surface area is 187 Å². The van der Waals surface area contributed by atoms with Crippen molar-refractivity contribution in [3.8, 4) is 0 Å². The van der Waals surface area contributed by atoms with Crippen LogP contribution in [0.15, 0.2) is 24.3 Å². The monoisotopic (exact) mass is 554 g/mol. The highest BCUT2D eigenvalue weighted by molar-refractivity contribution is 14.1. The predicted octanol–water partition coefficient (Wildman–Crippen LogP) is 5.20. The molecule has 0 radical (unpaired) electrons. The first kappa shape index (κ1) is 23.1. The maximum atomic E-state index is 14.7. The molecule has 0 spiro atoms. The number of anilines is 3. The average Bonchev–Trinajstić information content (AvgIpc) is 3.45. The molecule has 2 aromatic rings. The van der Waals surface area contributed by atoms with Crippen molar-refractivity contribution >= 4 is 49.7 Å². The van der Waals surface area contributed by atoms with Crippen LogP contribution in [-0.4, -0.2) is 24.4 Å². The topological polar surface area (TPSA) is 78.4 Å². The van der Waals surface area contributed by atoms with Crippen molar-refractivity contribution in [3.63, 3.8) is 0 Å². The van der Waals surface area contributed by atoms with E-state index in [1.165, 1.54) is 19.1 Å². The van der Waals surface area contributed by atoms with Crippen molar-refractivity contribution in [2.45, 2.75) is 50.4 Å². The van der Waals surface area contributed by atoms with Gasteiger partial charge in [-0.05, 0) is 85.0 Å². The average molecular weight is 554 g/mol. The lowest BCUT2D eigenvalue weighted by atomic mass is 10.1. The highest BCUT2D eigenvalue weighted by Crippen LogP contribution is 2.49. The van der Waals surface area contributed by atoms with Crippen LogP contribution < -0.4 is 10.0 Å². The van der Waals surface area contributed by atoms with E-state index in [2.05, 4.69) is 10.0 Å². The molecule has 30 heavy (non-hydrogen) atoms. The number of aryl methyl sites for hydroxylation is 1. The van der Waals surface area contributed by atoms with E-state index in [1.54, 1.807) is 13.0 Å². The molecule has 0 unspecified atom stereocenters. The minimum Gasteiger partial charge on any atom is -0.393 e. The lowest BCUT2D eigenvalue weighted by Gasteiger charge is -2.23. The van der Waals surface area contributed by atoms with Gasteiger partial charge in [0.1, 0.15) is 11.5 Å². The molecule has 1 fully saturated rings. The fourth-order valence-corrected chi connectivity index (χ4v) is 5.52. The van der Waals surface area contributed by atoms with Gasteiger partial charge in [-0.25, -0.2) is 21.6 Å². The Balaban J connectivity index is 2.02. The van der Waals surface area contributed by atoms with Crippen molar-refractivity contribution in [2.75, 3.05) is 10.0 Å². The van der Waals surface area contributed by atoms with Gasteiger partial charge in [0.25, 0.3) is 0 Å². The molecule has 0 heterocycles. The van der Waals surface area contributed by atoms with Crippen molar-refractivity contribution in [3.05, 3.63) is 50.9 Å². The third kappa shape index (κ3) is 4.54. The summed E-state index contributed by atoms with van der Waals surface area (Å²) in [5.41, 5.74) is -0.674. The SMILES string of the molecule is CC[C@H](O)CC1(S(=O)(=O)Nc2c(C)cc(F)c(F)c2Nc2ccc(I)cc2F)CC1. The summed E-state index contributed by atoms with van der Waals surface area (Å²) in [6.45, 7) is 3.17. The Morgan fingerprint density at radius 2 is 1.83 bits per heavy atom. The fraction of sp³-hybridized carbons (Fsp3) is 0.400. The Bertz CT molecular complexity index is 1080. The number of benzene rings is 2. The summed E-state index contributed by atoms with van der Waals surface area (Å²) < 4.78 is 70.9. The van der Waals surface area contributed by atoms with Crippen LogP contribution in [0, 0.1) is 27.9 Å². The first-order valence-electron chi connectivity index (χ1n) is 9.41. The molecule has 0 aliphatic heterocycles. The van der Waals surface area contributed by atoms with Gasteiger partial charge in [0, 0.05) is 3.57 Å². The highest BCUT2D eigenvalue weighted by Gasteiger charge is 2.55. The molecule has 3 rings (SSSR count).